The smallest absolute Gasteiger partial charge is 0.0864 e. The quantitative estimate of drug-likeness (QED) is 0.392. The van der Waals surface area contributed by atoms with Gasteiger partial charge in [-0.3, -0.25) is 0 Å². The van der Waals surface area contributed by atoms with Crippen molar-refractivity contribution in [3.8, 4) is 0 Å². The lowest BCUT2D eigenvalue weighted by Gasteiger charge is -2.12. The average molecular weight is 407 g/mol. The summed E-state index contributed by atoms with van der Waals surface area (Å²) in [7, 11) is 0. The first kappa shape index (κ1) is 14.7. The number of hydrogen-bond donors (Lipinski definition) is 0. The summed E-state index contributed by atoms with van der Waals surface area (Å²) in [5.41, 5.74) is 1.89. The molecule has 102 valence electrons. The molecule has 5 heteroatoms. The minimum atomic E-state index is -0.316. The Morgan fingerprint density at radius 2 is 1.75 bits per heavy atom. The van der Waals surface area contributed by atoms with Crippen molar-refractivity contribution in [3.63, 3.8) is 0 Å². The molecule has 0 radical (unpaired) electrons. The molecule has 3 aromatic rings. The van der Waals surface area contributed by atoms with Crippen molar-refractivity contribution in [1.82, 2.24) is 0 Å². The van der Waals surface area contributed by atoms with Crippen LogP contribution in [0.5, 0.6) is 0 Å². The third-order valence-corrected chi connectivity index (χ3v) is 6.38. The fraction of sp³-hybridized carbons (Fsp3) is 0.0667. The standard InChI is InChI=1S/C15H8BrCl3S/c16-11-5-1-3-8-10(7-20-15(8)11)13(18)9-4-2-6-12(17)14(9)19/h1-7,13H. The highest BCUT2D eigenvalue weighted by Crippen LogP contribution is 2.42. The molecule has 0 saturated heterocycles. The minimum Gasteiger partial charge on any atom is -0.142 e. The number of benzene rings is 2. The summed E-state index contributed by atoms with van der Waals surface area (Å²) in [6, 6.07) is 11.6. The summed E-state index contributed by atoms with van der Waals surface area (Å²) < 4.78 is 2.26. The second kappa shape index (κ2) is 5.86. The van der Waals surface area contributed by atoms with Crippen LogP contribution in [0.25, 0.3) is 10.1 Å². The highest BCUT2D eigenvalue weighted by molar-refractivity contribution is 9.10. The molecule has 1 aromatic heterocycles. The van der Waals surface area contributed by atoms with Crippen molar-refractivity contribution >= 4 is 72.2 Å². The van der Waals surface area contributed by atoms with E-state index in [9.17, 15) is 0 Å². The SMILES string of the molecule is Clc1cccc(C(Cl)c2csc3c(Br)cccc23)c1Cl. The maximum Gasteiger partial charge on any atom is 0.0864 e. The number of thiophene rings is 1. The molecule has 0 amide bonds. The van der Waals surface area contributed by atoms with Crippen molar-refractivity contribution in [2.45, 2.75) is 5.38 Å². The van der Waals surface area contributed by atoms with Crippen LogP contribution in [0.4, 0.5) is 0 Å². The molecule has 20 heavy (non-hydrogen) atoms. The van der Waals surface area contributed by atoms with Gasteiger partial charge < -0.3 is 0 Å². The third kappa shape index (κ3) is 2.49. The van der Waals surface area contributed by atoms with Gasteiger partial charge in [-0.2, -0.15) is 0 Å². The molecular formula is C15H8BrCl3S. The van der Waals surface area contributed by atoms with E-state index >= 15 is 0 Å². The summed E-state index contributed by atoms with van der Waals surface area (Å²) in [6.45, 7) is 0. The van der Waals surface area contributed by atoms with Gasteiger partial charge in [-0.1, -0.05) is 47.5 Å². The molecule has 0 nitrogen and oxygen atoms in total. The molecule has 0 aliphatic carbocycles. The van der Waals surface area contributed by atoms with Gasteiger partial charge in [0.05, 0.1) is 15.4 Å². The van der Waals surface area contributed by atoms with E-state index in [1.165, 1.54) is 4.70 Å². The zero-order chi connectivity index (χ0) is 14.3. The normalized spacial score (nSPS) is 12.8. The third-order valence-electron chi connectivity index (χ3n) is 3.11. The van der Waals surface area contributed by atoms with Crippen molar-refractivity contribution in [2.24, 2.45) is 0 Å². The first-order valence-corrected chi connectivity index (χ1v) is 8.69. The molecule has 1 heterocycles. The molecule has 0 saturated carbocycles. The number of alkyl halides is 1. The van der Waals surface area contributed by atoms with Crippen molar-refractivity contribution in [2.75, 3.05) is 0 Å². The van der Waals surface area contributed by atoms with Crippen LogP contribution in [0.1, 0.15) is 16.5 Å². The van der Waals surface area contributed by atoms with Gasteiger partial charge in [-0.25, -0.2) is 0 Å². The topological polar surface area (TPSA) is 0 Å². The average Bonchev–Trinajstić information content (AvgIpc) is 2.86. The Balaban J connectivity index is 2.16. The molecule has 0 aliphatic rings. The predicted octanol–water partition coefficient (Wildman–Crippen LogP) is 7.30. The number of halogens is 4. The first-order valence-electron chi connectivity index (χ1n) is 5.83. The second-order valence-electron chi connectivity index (χ2n) is 4.31. The first-order chi connectivity index (χ1) is 9.59. The molecule has 1 unspecified atom stereocenters. The van der Waals surface area contributed by atoms with Crippen LogP contribution in [-0.2, 0) is 0 Å². The molecule has 0 spiro atoms. The Labute approximate surface area is 144 Å². The van der Waals surface area contributed by atoms with Gasteiger partial charge >= 0.3 is 0 Å². The van der Waals surface area contributed by atoms with Crippen LogP contribution in [0, 0.1) is 0 Å². The van der Waals surface area contributed by atoms with Gasteiger partial charge in [-0.05, 0) is 50.0 Å². The zero-order valence-corrected chi connectivity index (χ0v) is 14.7. The zero-order valence-electron chi connectivity index (χ0n) is 10.0. The number of hydrogen-bond acceptors (Lipinski definition) is 1. The molecule has 0 fully saturated rings. The number of fused-ring (bicyclic) bond motifs is 1. The monoisotopic (exact) mass is 404 g/mol. The fourth-order valence-electron chi connectivity index (χ4n) is 2.12. The number of rotatable bonds is 2. The van der Waals surface area contributed by atoms with Crippen LogP contribution in [0.15, 0.2) is 46.3 Å². The van der Waals surface area contributed by atoms with Gasteiger partial charge in [-0.15, -0.1) is 22.9 Å². The van der Waals surface area contributed by atoms with E-state index in [1.807, 2.05) is 24.3 Å². The molecule has 1 atom stereocenters. The van der Waals surface area contributed by atoms with Crippen molar-refractivity contribution in [3.05, 3.63) is 67.4 Å². The van der Waals surface area contributed by atoms with E-state index in [1.54, 1.807) is 17.4 Å². The van der Waals surface area contributed by atoms with Crippen LogP contribution in [0.2, 0.25) is 10.0 Å². The highest BCUT2D eigenvalue weighted by atomic mass is 79.9. The Bertz CT molecular complexity index is 782. The van der Waals surface area contributed by atoms with E-state index in [0.717, 1.165) is 21.0 Å². The summed E-state index contributed by atoms with van der Waals surface area (Å²) >= 11 is 24.2. The highest BCUT2D eigenvalue weighted by Gasteiger charge is 2.19. The lowest BCUT2D eigenvalue weighted by molar-refractivity contribution is 1.17. The van der Waals surface area contributed by atoms with Crippen LogP contribution < -0.4 is 0 Å². The summed E-state index contributed by atoms with van der Waals surface area (Å²) in [6.07, 6.45) is 0. The molecule has 3 rings (SSSR count). The Morgan fingerprint density at radius 1 is 1.00 bits per heavy atom. The van der Waals surface area contributed by atoms with Crippen molar-refractivity contribution < 1.29 is 0 Å². The maximum atomic E-state index is 6.63. The van der Waals surface area contributed by atoms with Gasteiger partial charge in [0.1, 0.15) is 0 Å². The van der Waals surface area contributed by atoms with E-state index in [0.29, 0.717) is 10.0 Å². The van der Waals surface area contributed by atoms with Crippen LogP contribution in [0.3, 0.4) is 0 Å². The lowest BCUT2D eigenvalue weighted by atomic mass is 10.0. The molecule has 0 aliphatic heterocycles. The van der Waals surface area contributed by atoms with Crippen molar-refractivity contribution in [1.29, 1.82) is 0 Å². The van der Waals surface area contributed by atoms with E-state index < -0.39 is 0 Å². The van der Waals surface area contributed by atoms with Gasteiger partial charge in [0.15, 0.2) is 0 Å². The largest absolute Gasteiger partial charge is 0.142 e. The Hall–Kier alpha value is -0.250. The fourth-order valence-corrected chi connectivity index (χ4v) is 4.68. The maximum absolute atomic E-state index is 6.63. The van der Waals surface area contributed by atoms with E-state index in [2.05, 4.69) is 27.4 Å². The van der Waals surface area contributed by atoms with E-state index in [-0.39, 0.29) is 5.38 Å². The lowest BCUT2D eigenvalue weighted by Crippen LogP contribution is -1.93. The molecule has 2 aromatic carbocycles. The van der Waals surface area contributed by atoms with Gasteiger partial charge in [0.25, 0.3) is 0 Å². The predicted molar refractivity (Wildman–Crippen MR) is 93.7 cm³/mol. The Morgan fingerprint density at radius 3 is 2.55 bits per heavy atom. The molecule has 0 bridgehead atoms. The summed E-state index contributed by atoms with van der Waals surface area (Å²) in [5, 5.41) is 3.94. The van der Waals surface area contributed by atoms with Gasteiger partial charge in [0, 0.05) is 9.17 Å². The summed E-state index contributed by atoms with van der Waals surface area (Å²) in [4.78, 5) is 0. The second-order valence-corrected chi connectivity index (χ2v) is 7.27. The van der Waals surface area contributed by atoms with Crippen LogP contribution >= 0.6 is 62.1 Å². The summed E-state index contributed by atoms with van der Waals surface area (Å²) in [5.74, 6) is 0. The van der Waals surface area contributed by atoms with E-state index in [4.69, 9.17) is 34.8 Å². The van der Waals surface area contributed by atoms with Gasteiger partial charge in [0.2, 0.25) is 0 Å². The molecular weight excluding hydrogens is 398 g/mol. The molecule has 0 N–H and O–H groups in total. The minimum absolute atomic E-state index is 0.316. The van der Waals surface area contributed by atoms with Crippen LogP contribution in [-0.4, -0.2) is 0 Å². The Kier molecular flexibility index (Phi) is 4.30.